The van der Waals surface area contributed by atoms with E-state index in [0.29, 0.717) is 23.6 Å². The van der Waals surface area contributed by atoms with Crippen LogP contribution in [0.25, 0.3) is 0 Å². The molecule has 1 aromatic heterocycles. The summed E-state index contributed by atoms with van der Waals surface area (Å²) in [5.74, 6) is 5.70. The summed E-state index contributed by atoms with van der Waals surface area (Å²) >= 11 is 0. The lowest BCUT2D eigenvalue weighted by Gasteiger charge is -2.55. The highest BCUT2D eigenvalue weighted by Crippen LogP contribution is 2.50. The average molecular weight is 448 g/mol. The van der Waals surface area contributed by atoms with Crippen LogP contribution < -0.4 is 0 Å². The van der Waals surface area contributed by atoms with E-state index >= 15 is 0 Å². The number of aliphatic hydroxyl groups is 2. The Balaban J connectivity index is 1.75. The van der Waals surface area contributed by atoms with Gasteiger partial charge in [-0.25, -0.2) is 0 Å². The highest BCUT2D eigenvalue weighted by atomic mass is 16.3. The Labute approximate surface area is 196 Å². The fourth-order valence-corrected chi connectivity index (χ4v) is 5.20. The standard InChI is InChI=1S/C27H33N3O3/c1-19(2)21-6-8-22(9-7-21)27(33,25(3)17-29(4)18-25)23-14-20(15-28-16-23)10-11-26(32)12-13-30(5)24(26)31/h6-9,14-16,19,32-33H,12-13,17-18H2,1-5H3/t26-,27?/m1/s1. The zero-order valence-corrected chi connectivity index (χ0v) is 20.1. The van der Waals surface area contributed by atoms with E-state index in [2.05, 4.69) is 54.6 Å². The van der Waals surface area contributed by atoms with Crippen LogP contribution in [0.15, 0.2) is 42.7 Å². The van der Waals surface area contributed by atoms with Gasteiger partial charge in [-0.2, -0.15) is 0 Å². The van der Waals surface area contributed by atoms with Crippen molar-refractivity contribution in [1.82, 2.24) is 14.8 Å². The first-order valence-electron chi connectivity index (χ1n) is 11.5. The van der Waals surface area contributed by atoms with Gasteiger partial charge in [0.25, 0.3) is 5.91 Å². The predicted octanol–water partition coefficient (Wildman–Crippen LogP) is 2.34. The summed E-state index contributed by atoms with van der Waals surface area (Å²) in [6.07, 6.45) is 3.56. The molecule has 1 amide bonds. The van der Waals surface area contributed by atoms with Crippen LogP contribution in [-0.2, 0) is 10.4 Å². The maximum atomic E-state index is 12.3. The van der Waals surface area contributed by atoms with Gasteiger partial charge in [0.1, 0.15) is 5.60 Å². The number of hydrogen-bond donors (Lipinski definition) is 2. The molecule has 3 heterocycles. The van der Waals surface area contributed by atoms with Gasteiger partial charge in [0, 0.05) is 62.0 Å². The highest BCUT2D eigenvalue weighted by Gasteiger charge is 2.55. The zero-order valence-electron chi connectivity index (χ0n) is 20.1. The van der Waals surface area contributed by atoms with Crippen molar-refractivity contribution in [2.24, 2.45) is 5.41 Å². The number of carbonyl (C=O) groups is 1. The van der Waals surface area contributed by atoms with E-state index in [1.807, 2.05) is 25.2 Å². The van der Waals surface area contributed by atoms with Crippen molar-refractivity contribution in [2.75, 3.05) is 33.7 Å². The summed E-state index contributed by atoms with van der Waals surface area (Å²) in [5.41, 5.74) is -0.0938. The molecule has 2 atom stereocenters. The molecule has 2 saturated heterocycles. The van der Waals surface area contributed by atoms with Gasteiger partial charge in [-0.15, -0.1) is 0 Å². The summed E-state index contributed by atoms with van der Waals surface area (Å²) in [7, 11) is 3.70. The number of carbonyl (C=O) groups excluding carboxylic acids is 1. The average Bonchev–Trinajstić information content (AvgIpc) is 3.04. The Hall–Kier alpha value is -2.72. The summed E-state index contributed by atoms with van der Waals surface area (Å²) in [6, 6.07) is 9.99. The Bertz CT molecular complexity index is 1110. The monoisotopic (exact) mass is 447 g/mol. The van der Waals surface area contributed by atoms with Crippen molar-refractivity contribution in [3.63, 3.8) is 0 Å². The van der Waals surface area contributed by atoms with Crippen molar-refractivity contribution < 1.29 is 15.0 Å². The number of rotatable bonds is 4. The van der Waals surface area contributed by atoms with E-state index in [1.165, 1.54) is 10.5 Å². The first kappa shape index (κ1) is 23.4. The minimum atomic E-state index is -1.67. The molecule has 2 aromatic rings. The third-order valence-electron chi connectivity index (χ3n) is 7.19. The van der Waals surface area contributed by atoms with Crippen LogP contribution >= 0.6 is 0 Å². The molecule has 0 radical (unpaired) electrons. The molecule has 33 heavy (non-hydrogen) atoms. The third-order valence-corrected chi connectivity index (χ3v) is 7.19. The van der Waals surface area contributed by atoms with E-state index in [4.69, 9.17) is 0 Å². The number of aromatic nitrogens is 1. The molecule has 0 spiro atoms. The van der Waals surface area contributed by atoms with Crippen molar-refractivity contribution in [2.45, 2.75) is 44.3 Å². The molecule has 0 aliphatic carbocycles. The van der Waals surface area contributed by atoms with Gasteiger partial charge in [-0.05, 0) is 30.2 Å². The van der Waals surface area contributed by atoms with Crippen molar-refractivity contribution >= 4 is 5.91 Å². The van der Waals surface area contributed by atoms with Crippen LogP contribution in [0.4, 0.5) is 0 Å². The SMILES string of the molecule is CC(C)c1ccc(C(O)(c2cncc(C#C[C@@]3(O)CCN(C)C3=O)c2)C2(C)CN(C)C2)cc1. The van der Waals surface area contributed by atoms with E-state index in [1.54, 1.807) is 19.4 Å². The zero-order chi connectivity index (χ0) is 24.0. The number of benzene rings is 1. The molecule has 2 aliphatic rings. The van der Waals surface area contributed by atoms with Gasteiger partial charge < -0.3 is 20.0 Å². The topological polar surface area (TPSA) is 76.9 Å². The summed E-state index contributed by atoms with van der Waals surface area (Å²) < 4.78 is 0. The maximum absolute atomic E-state index is 12.3. The largest absolute Gasteiger partial charge is 0.380 e. The van der Waals surface area contributed by atoms with Crippen LogP contribution in [0.5, 0.6) is 0 Å². The fourth-order valence-electron chi connectivity index (χ4n) is 5.20. The molecule has 1 aromatic carbocycles. The molecule has 1 unspecified atom stereocenters. The van der Waals surface area contributed by atoms with Gasteiger partial charge in [0.15, 0.2) is 0 Å². The molecule has 0 bridgehead atoms. The van der Waals surface area contributed by atoms with E-state index in [-0.39, 0.29) is 12.3 Å². The number of amides is 1. The lowest BCUT2D eigenvalue weighted by atomic mass is 9.62. The van der Waals surface area contributed by atoms with Crippen LogP contribution in [0.2, 0.25) is 0 Å². The number of hydrogen-bond acceptors (Lipinski definition) is 5. The first-order chi connectivity index (χ1) is 15.5. The highest BCUT2D eigenvalue weighted by molar-refractivity contribution is 5.90. The molecule has 6 heteroatoms. The van der Waals surface area contributed by atoms with E-state index in [0.717, 1.165) is 18.7 Å². The molecular formula is C27H33N3O3. The molecule has 4 rings (SSSR count). The number of pyridine rings is 1. The van der Waals surface area contributed by atoms with Gasteiger partial charge in [-0.1, -0.05) is 56.9 Å². The van der Waals surface area contributed by atoms with Gasteiger partial charge in [-0.3, -0.25) is 9.78 Å². The molecule has 174 valence electrons. The molecule has 0 saturated carbocycles. The Kier molecular flexibility index (Phi) is 5.86. The second-order valence-electron chi connectivity index (χ2n) is 10.3. The minimum Gasteiger partial charge on any atom is -0.380 e. The molecular weight excluding hydrogens is 414 g/mol. The van der Waals surface area contributed by atoms with E-state index < -0.39 is 16.6 Å². The second kappa shape index (κ2) is 8.25. The maximum Gasteiger partial charge on any atom is 0.267 e. The number of likely N-dealkylation sites (tertiary alicyclic amines) is 2. The molecule has 6 nitrogen and oxygen atoms in total. The van der Waals surface area contributed by atoms with Gasteiger partial charge in [0.05, 0.1) is 0 Å². The number of likely N-dealkylation sites (N-methyl/N-ethyl adjacent to an activating group) is 1. The summed E-state index contributed by atoms with van der Waals surface area (Å²) in [5, 5.41) is 22.9. The lowest BCUT2D eigenvalue weighted by molar-refractivity contribution is -0.137. The second-order valence-corrected chi connectivity index (χ2v) is 10.3. The summed E-state index contributed by atoms with van der Waals surface area (Å²) in [4.78, 5) is 20.3. The third kappa shape index (κ3) is 3.95. The predicted molar refractivity (Wildman–Crippen MR) is 127 cm³/mol. The normalized spacial score (nSPS) is 24.2. The lowest BCUT2D eigenvalue weighted by Crippen LogP contribution is -2.63. The number of nitrogens with zero attached hydrogens (tertiary/aromatic N) is 3. The molecule has 2 fully saturated rings. The summed E-state index contributed by atoms with van der Waals surface area (Å²) in [6.45, 7) is 8.35. The Morgan fingerprint density at radius 2 is 1.79 bits per heavy atom. The van der Waals surface area contributed by atoms with E-state index in [9.17, 15) is 15.0 Å². The quantitative estimate of drug-likeness (QED) is 0.704. The van der Waals surface area contributed by atoms with Crippen LogP contribution in [0.3, 0.4) is 0 Å². The fraction of sp³-hybridized carbons (Fsp3) is 0.481. The first-order valence-corrected chi connectivity index (χ1v) is 11.5. The van der Waals surface area contributed by atoms with Crippen LogP contribution in [0.1, 0.15) is 55.4 Å². The van der Waals surface area contributed by atoms with Gasteiger partial charge >= 0.3 is 0 Å². The smallest absolute Gasteiger partial charge is 0.267 e. The van der Waals surface area contributed by atoms with Crippen molar-refractivity contribution in [3.05, 3.63) is 65.0 Å². The molecule has 2 N–H and O–H groups in total. The van der Waals surface area contributed by atoms with Crippen LogP contribution in [0, 0.1) is 17.3 Å². The van der Waals surface area contributed by atoms with Crippen molar-refractivity contribution in [3.8, 4) is 11.8 Å². The minimum absolute atomic E-state index is 0.277. The molecule has 2 aliphatic heterocycles. The van der Waals surface area contributed by atoms with Crippen molar-refractivity contribution in [1.29, 1.82) is 0 Å². The Morgan fingerprint density at radius 1 is 1.12 bits per heavy atom. The Morgan fingerprint density at radius 3 is 2.33 bits per heavy atom. The van der Waals surface area contributed by atoms with Gasteiger partial charge in [0.2, 0.25) is 5.60 Å². The van der Waals surface area contributed by atoms with Crippen LogP contribution in [-0.4, -0.2) is 70.2 Å².